The number of imide groups is 1. The topological polar surface area (TPSA) is 188 Å². The Hall–Kier alpha value is -3.33. The van der Waals surface area contributed by atoms with Crippen molar-refractivity contribution in [3.63, 3.8) is 0 Å². The molecular formula is C28H40FN3O10. The monoisotopic (exact) mass is 597 g/mol. The molecule has 234 valence electrons. The zero-order valence-electron chi connectivity index (χ0n) is 23.8. The third-order valence-corrected chi connectivity index (χ3v) is 7.65. The lowest BCUT2D eigenvalue weighted by Gasteiger charge is -2.37. The fourth-order valence-electron chi connectivity index (χ4n) is 5.47. The third kappa shape index (κ3) is 8.37. The first-order valence-corrected chi connectivity index (χ1v) is 14.1. The summed E-state index contributed by atoms with van der Waals surface area (Å²) in [6, 6.07) is 4.65. The maximum atomic E-state index is 13.9. The molecule has 42 heavy (non-hydrogen) atoms. The van der Waals surface area contributed by atoms with E-state index in [1.807, 2.05) is 13.8 Å². The molecule has 0 spiro atoms. The summed E-state index contributed by atoms with van der Waals surface area (Å²) in [6.45, 7) is 8.35. The average Bonchev–Trinajstić information content (AvgIpc) is 3.17. The number of halogens is 1. The van der Waals surface area contributed by atoms with Gasteiger partial charge in [0.15, 0.2) is 12.2 Å². The Morgan fingerprint density at radius 1 is 0.952 bits per heavy atom. The molecule has 14 heteroatoms. The summed E-state index contributed by atoms with van der Waals surface area (Å²) in [5.41, 5.74) is 0.788. The lowest BCUT2D eigenvalue weighted by atomic mass is 9.80. The first-order chi connectivity index (χ1) is 19.8. The Bertz CT molecular complexity index is 1110. The number of aliphatic hydroxyl groups excluding tert-OH is 3. The molecule has 2 amide bonds. The maximum Gasteiger partial charge on any atom is 0.335 e. The minimum absolute atomic E-state index is 0.0172. The number of ether oxygens (including phenoxy) is 1. The van der Waals surface area contributed by atoms with Gasteiger partial charge in [0.25, 0.3) is 0 Å². The molecule has 1 saturated carbocycles. The minimum atomic E-state index is -2.27. The summed E-state index contributed by atoms with van der Waals surface area (Å²) < 4.78 is 19.7. The van der Waals surface area contributed by atoms with Crippen molar-refractivity contribution >= 4 is 29.4 Å². The van der Waals surface area contributed by atoms with Crippen molar-refractivity contribution in [3.8, 4) is 5.75 Å². The zero-order chi connectivity index (χ0) is 31.1. The standard InChI is InChI=1S/C24H34FN3O4.C4H6O6/c1-16(2)32-22-7-4-17(25)14-21(22)27-12-10-26(11-13-27)8-3-9-28-23(30)19-6-5-18(29)15-20(19)24(28)31;5-1(3(7)8)2(6)4(9)10/h4,7,14,16,18-20,29H,3,5-6,8-13,15H2,1-2H3;1-2,5-6H,(H,7,8)(H,9,10). The molecule has 0 bridgehead atoms. The number of piperazine rings is 1. The molecule has 1 aliphatic carbocycles. The Morgan fingerprint density at radius 3 is 2.12 bits per heavy atom. The maximum absolute atomic E-state index is 13.9. The molecule has 13 nitrogen and oxygen atoms in total. The van der Waals surface area contributed by atoms with Crippen molar-refractivity contribution in [2.75, 3.05) is 44.2 Å². The van der Waals surface area contributed by atoms with Gasteiger partial charge in [-0.25, -0.2) is 14.0 Å². The quantitative estimate of drug-likeness (QED) is 0.230. The molecule has 5 unspecified atom stereocenters. The number of amides is 2. The number of carbonyl (C=O) groups excluding carboxylic acids is 2. The Morgan fingerprint density at radius 2 is 1.55 bits per heavy atom. The van der Waals surface area contributed by atoms with Gasteiger partial charge in [0.2, 0.25) is 11.8 Å². The van der Waals surface area contributed by atoms with Crippen LogP contribution >= 0.6 is 0 Å². The normalized spacial score (nSPS) is 24.1. The summed E-state index contributed by atoms with van der Waals surface area (Å²) in [5.74, 6) is -3.83. The number of aliphatic hydroxyl groups is 3. The van der Waals surface area contributed by atoms with Crippen LogP contribution in [0, 0.1) is 17.7 Å². The van der Waals surface area contributed by atoms with Gasteiger partial charge >= 0.3 is 11.9 Å². The van der Waals surface area contributed by atoms with Crippen LogP contribution < -0.4 is 9.64 Å². The van der Waals surface area contributed by atoms with Crippen LogP contribution in [-0.2, 0) is 19.2 Å². The van der Waals surface area contributed by atoms with Crippen LogP contribution in [0.15, 0.2) is 18.2 Å². The van der Waals surface area contributed by atoms with Crippen molar-refractivity contribution in [1.29, 1.82) is 0 Å². The molecule has 5 N–H and O–H groups in total. The first kappa shape index (κ1) is 33.2. The number of hydrogen-bond donors (Lipinski definition) is 5. The molecule has 2 heterocycles. The highest BCUT2D eigenvalue weighted by Crippen LogP contribution is 2.38. The van der Waals surface area contributed by atoms with Crippen molar-refractivity contribution in [2.45, 2.75) is 63.9 Å². The molecule has 0 aromatic heterocycles. The SMILES string of the molecule is CC(C)Oc1ccc(F)cc1N1CCN(CCCN2C(=O)C3CCC(O)CC3C2=O)CC1.O=C(O)C(O)C(O)C(=O)O. The predicted molar refractivity (Wildman–Crippen MR) is 146 cm³/mol. The average molecular weight is 598 g/mol. The fraction of sp³-hybridized carbons (Fsp3) is 0.643. The largest absolute Gasteiger partial charge is 0.489 e. The zero-order valence-corrected chi connectivity index (χ0v) is 23.8. The van der Waals surface area contributed by atoms with Crippen LogP contribution in [0.2, 0.25) is 0 Å². The number of fused-ring (bicyclic) bond motifs is 1. The summed E-state index contributed by atoms with van der Waals surface area (Å²) in [4.78, 5) is 50.7. The van der Waals surface area contributed by atoms with E-state index >= 15 is 0 Å². The number of likely N-dealkylation sites (tertiary alicyclic amines) is 1. The number of rotatable bonds is 10. The van der Waals surface area contributed by atoms with E-state index in [-0.39, 0.29) is 35.6 Å². The van der Waals surface area contributed by atoms with E-state index < -0.39 is 30.3 Å². The second-order valence-corrected chi connectivity index (χ2v) is 11.0. The van der Waals surface area contributed by atoms with Crippen LogP contribution in [0.5, 0.6) is 5.75 Å². The van der Waals surface area contributed by atoms with Gasteiger partial charge in [0, 0.05) is 38.8 Å². The Balaban J connectivity index is 0.000000416. The van der Waals surface area contributed by atoms with E-state index in [0.717, 1.165) is 44.8 Å². The van der Waals surface area contributed by atoms with Crippen molar-refractivity contribution in [1.82, 2.24) is 9.80 Å². The Kier molecular flexibility index (Phi) is 11.6. The van der Waals surface area contributed by atoms with Gasteiger partial charge in [-0.05, 0) is 58.2 Å². The van der Waals surface area contributed by atoms with E-state index in [4.69, 9.17) is 25.2 Å². The number of anilines is 1. The van der Waals surface area contributed by atoms with E-state index in [0.29, 0.717) is 31.6 Å². The molecular weight excluding hydrogens is 557 g/mol. The van der Waals surface area contributed by atoms with E-state index in [1.165, 1.54) is 17.0 Å². The molecule has 3 fully saturated rings. The highest BCUT2D eigenvalue weighted by Gasteiger charge is 2.49. The highest BCUT2D eigenvalue weighted by atomic mass is 19.1. The van der Waals surface area contributed by atoms with Gasteiger partial charge in [0.1, 0.15) is 11.6 Å². The van der Waals surface area contributed by atoms with Crippen molar-refractivity contribution in [2.24, 2.45) is 11.8 Å². The lowest BCUT2D eigenvalue weighted by molar-refractivity contribution is -0.165. The second kappa shape index (κ2) is 14.7. The third-order valence-electron chi connectivity index (χ3n) is 7.65. The number of carboxylic acid groups (broad SMARTS) is 2. The van der Waals surface area contributed by atoms with Gasteiger partial charge in [-0.3, -0.25) is 19.4 Å². The minimum Gasteiger partial charge on any atom is -0.489 e. The van der Waals surface area contributed by atoms with Gasteiger partial charge in [-0.15, -0.1) is 0 Å². The number of carbonyl (C=O) groups is 4. The lowest BCUT2D eigenvalue weighted by Crippen LogP contribution is -2.47. The van der Waals surface area contributed by atoms with Crippen LogP contribution in [0.3, 0.4) is 0 Å². The van der Waals surface area contributed by atoms with E-state index in [2.05, 4.69) is 9.80 Å². The number of carboxylic acids is 2. The summed E-state index contributed by atoms with van der Waals surface area (Å²) in [7, 11) is 0. The molecule has 3 aliphatic rings. The smallest absolute Gasteiger partial charge is 0.335 e. The number of hydrogen-bond acceptors (Lipinski definition) is 10. The predicted octanol–water partition coefficient (Wildman–Crippen LogP) is 0.148. The van der Waals surface area contributed by atoms with Crippen LogP contribution in [0.1, 0.15) is 39.5 Å². The summed E-state index contributed by atoms with van der Waals surface area (Å²) in [5, 5.41) is 42.4. The van der Waals surface area contributed by atoms with E-state index in [1.54, 1.807) is 6.07 Å². The van der Waals surface area contributed by atoms with Gasteiger partial charge in [-0.2, -0.15) is 0 Å². The summed E-state index contributed by atoms with van der Waals surface area (Å²) in [6.07, 6.45) is -2.62. The molecule has 1 aromatic rings. The number of aliphatic carboxylic acids is 2. The Labute approximate surface area is 243 Å². The van der Waals surface area contributed by atoms with Crippen LogP contribution in [0.25, 0.3) is 0 Å². The molecule has 1 aromatic carbocycles. The number of benzene rings is 1. The van der Waals surface area contributed by atoms with E-state index in [9.17, 15) is 28.7 Å². The summed E-state index contributed by atoms with van der Waals surface area (Å²) >= 11 is 0. The highest BCUT2D eigenvalue weighted by molar-refractivity contribution is 6.05. The first-order valence-electron chi connectivity index (χ1n) is 14.1. The van der Waals surface area contributed by atoms with Gasteiger partial charge < -0.3 is 35.2 Å². The number of nitrogens with zero attached hydrogens (tertiary/aromatic N) is 3. The van der Waals surface area contributed by atoms with Crippen molar-refractivity contribution < 1.29 is 53.8 Å². The second-order valence-electron chi connectivity index (χ2n) is 11.0. The van der Waals surface area contributed by atoms with Crippen LogP contribution in [0.4, 0.5) is 10.1 Å². The molecule has 4 rings (SSSR count). The fourth-order valence-corrected chi connectivity index (χ4v) is 5.47. The van der Waals surface area contributed by atoms with Gasteiger partial charge in [-0.1, -0.05) is 0 Å². The molecule has 5 atom stereocenters. The molecule has 2 aliphatic heterocycles. The molecule has 0 radical (unpaired) electrons. The van der Waals surface area contributed by atoms with Gasteiger partial charge in [0.05, 0.1) is 29.7 Å². The van der Waals surface area contributed by atoms with Crippen molar-refractivity contribution in [3.05, 3.63) is 24.0 Å². The molecule has 2 saturated heterocycles. The van der Waals surface area contributed by atoms with Crippen LogP contribution in [-0.4, -0.2) is 123 Å².